The van der Waals surface area contributed by atoms with Crippen molar-refractivity contribution in [2.45, 2.75) is 20.0 Å². The Morgan fingerprint density at radius 3 is 2.14 bits per heavy atom. The number of carbonyl (C=O) groups excluding carboxylic acids is 1. The Bertz CT molecular complexity index is 1030. The van der Waals surface area contributed by atoms with Crippen molar-refractivity contribution in [3.8, 4) is 11.5 Å². The van der Waals surface area contributed by atoms with Crippen LogP contribution in [0.15, 0.2) is 60.7 Å². The van der Waals surface area contributed by atoms with E-state index in [-0.39, 0.29) is 17.2 Å². The van der Waals surface area contributed by atoms with E-state index in [0.29, 0.717) is 10.6 Å². The highest BCUT2D eigenvalue weighted by atomic mass is 35.5. The topological polar surface area (TPSA) is 38.3 Å². The Kier molecular flexibility index (Phi) is 5.84. The Hall–Kier alpha value is -2.99. The number of hydrogen-bond donors (Lipinski definition) is 1. The lowest BCUT2D eigenvalue weighted by molar-refractivity contribution is -0.138. The van der Waals surface area contributed by atoms with Gasteiger partial charge in [0.1, 0.15) is 17.1 Å². The molecule has 29 heavy (non-hydrogen) atoms. The fourth-order valence-electron chi connectivity index (χ4n) is 2.86. The van der Waals surface area contributed by atoms with E-state index in [1.165, 1.54) is 36.4 Å². The zero-order valence-corrected chi connectivity index (χ0v) is 16.4. The first-order valence-corrected chi connectivity index (χ1v) is 9.04. The van der Waals surface area contributed by atoms with Crippen LogP contribution in [-0.2, 0) is 6.18 Å². The molecule has 0 bridgehead atoms. The van der Waals surface area contributed by atoms with Gasteiger partial charge in [-0.15, -0.1) is 0 Å². The van der Waals surface area contributed by atoms with Crippen molar-refractivity contribution in [1.82, 2.24) is 0 Å². The van der Waals surface area contributed by atoms with Crippen LogP contribution < -0.4 is 10.1 Å². The van der Waals surface area contributed by atoms with E-state index in [2.05, 4.69) is 5.32 Å². The number of hydrogen-bond acceptors (Lipinski definition) is 2. The van der Waals surface area contributed by atoms with E-state index >= 15 is 0 Å². The minimum absolute atomic E-state index is 0.0185. The molecule has 0 radical (unpaired) electrons. The molecule has 150 valence electrons. The molecule has 0 heterocycles. The maximum absolute atomic E-state index is 13.5. The van der Waals surface area contributed by atoms with Crippen LogP contribution >= 0.6 is 11.6 Å². The number of ether oxygens (including phenoxy) is 1. The molecule has 0 fully saturated rings. The van der Waals surface area contributed by atoms with E-state index in [1.54, 1.807) is 12.1 Å². The van der Waals surface area contributed by atoms with Gasteiger partial charge in [0.05, 0.1) is 0 Å². The number of rotatable bonds is 4. The van der Waals surface area contributed by atoms with Gasteiger partial charge in [-0.1, -0.05) is 28.8 Å². The van der Waals surface area contributed by atoms with Crippen LogP contribution in [-0.4, -0.2) is 5.91 Å². The molecular weight excluding hydrogens is 403 g/mol. The number of nitrogens with one attached hydrogen (secondary N) is 1. The van der Waals surface area contributed by atoms with Crippen LogP contribution in [0.4, 0.5) is 18.9 Å². The molecule has 1 N–H and O–H groups in total. The highest BCUT2D eigenvalue weighted by molar-refractivity contribution is 6.30. The van der Waals surface area contributed by atoms with Gasteiger partial charge in [-0.2, -0.15) is 13.2 Å². The predicted octanol–water partition coefficient (Wildman–Crippen LogP) is 7.02. The molecule has 0 spiro atoms. The standard InChI is InChI=1S/C22H17ClF3NO2/c1-13-9-14(2)11-15(10-13)21(28)27-17-5-8-20(19(12-17)22(24,25)26)29-18-6-3-16(23)4-7-18/h3-12H,1-2H3,(H,27,28). The summed E-state index contributed by atoms with van der Waals surface area (Å²) in [7, 11) is 0. The van der Waals surface area contributed by atoms with E-state index in [0.717, 1.165) is 17.2 Å². The average molecular weight is 420 g/mol. The smallest absolute Gasteiger partial charge is 0.420 e. The highest BCUT2D eigenvalue weighted by Crippen LogP contribution is 2.40. The highest BCUT2D eigenvalue weighted by Gasteiger charge is 2.35. The first-order chi connectivity index (χ1) is 13.6. The summed E-state index contributed by atoms with van der Waals surface area (Å²) in [6.07, 6.45) is -4.66. The van der Waals surface area contributed by atoms with Gasteiger partial charge < -0.3 is 10.1 Å². The van der Waals surface area contributed by atoms with Gasteiger partial charge in [-0.3, -0.25) is 4.79 Å². The number of anilines is 1. The molecule has 0 saturated heterocycles. The Balaban J connectivity index is 1.89. The monoisotopic (exact) mass is 419 g/mol. The molecule has 3 nitrogen and oxygen atoms in total. The molecule has 0 atom stereocenters. The lowest BCUT2D eigenvalue weighted by Gasteiger charge is -2.16. The molecule has 0 aromatic heterocycles. The second-order valence-electron chi connectivity index (χ2n) is 6.60. The van der Waals surface area contributed by atoms with Crippen molar-refractivity contribution in [2.75, 3.05) is 5.32 Å². The lowest BCUT2D eigenvalue weighted by atomic mass is 10.1. The fraction of sp³-hybridized carbons (Fsp3) is 0.136. The average Bonchev–Trinajstić information content (AvgIpc) is 2.63. The van der Waals surface area contributed by atoms with Crippen molar-refractivity contribution in [3.63, 3.8) is 0 Å². The van der Waals surface area contributed by atoms with Gasteiger partial charge in [-0.05, 0) is 68.4 Å². The zero-order valence-electron chi connectivity index (χ0n) is 15.6. The third-order valence-electron chi connectivity index (χ3n) is 4.07. The summed E-state index contributed by atoms with van der Waals surface area (Å²) >= 11 is 5.78. The molecule has 0 aliphatic carbocycles. The van der Waals surface area contributed by atoms with Gasteiger partial charge in [-0.25, -0.2) is 0 Å². The summed E-state index contributed by atoms with van der Waals surface area (Å²) in [6.45, 7) is 3.68. The summed E-state index contributed by atoms with van der Waals surface area (Å²) in [6, 6.07) is 14.6. The lowest BCUT2D eigenvalue weighted by Crippen LogP contribution is -2.14. The molecule has 3 rings (SSSR count). The number of alkyl halides is 3. The summed E-state index contributed by atoms with van der Waals surface area (Å²) in [5.74, 6) is -0.646. The molecule has 3 aromatic rings. The Labute approximate surface area is 171 Å². The van der Waals surface area contributed by atoms with Crippen LogP contribution in [0.2, 0.25) is 5.02 Å². The fourth-order valence-corrected chi connectivity index (χ4v) is 2.98. The first kappa shape index (κ1) is 20.7. The summed E-state index contributed by atoms with van der Waals surface area (Å²) in [5, 5.41) is 2.95. The zero-order chi connectivity index (χ0) is 21.2. The van der Waals surface area contributed by atoms with Gasteiger partial charge in [0, 0.05) is 16.3 Å². The third-order valence-corrected chi connectivity index (χ3v) is 4.32. The van der Waals surface area contributed by atoms with Gasteiger partial charge in [0.2, 0.25) is 0 Å². The van der Waals surface area contributed by atoms with E-state index < -0.39 is 17.6 Å². The minimum atomic E-state index is -4.66. The summed E-state index contributed by atoms with van der Waals surface area (Å²) in [4.78, 5) is 12.5. The molecular formula is C22H17ClF3NO2. The molecule has 0 aliphatic rings. The number of halogens is 4. The maximum Gasteiger partial charge on any atom is 0.420 e. The van der Waals surface area contributed by atoms with Crippen molar-refractivity contribution < 1.29 is 22.7 Å². The Morgan fingerprint density at radius 1 is 0.931 bits per heavy atom. The van der Waals surface area contributed by atoms with Gasteiger partial charge in [0.25, 0.3) is 5.91 Å². The van der Waals surface area contributed by atoms with Gasteiger partial charge in [0.15, 0.2) is 0 Å². The van der Waals surface area contributed by atoms with Crippen LogP contribution in [0.3, 0.4) is 0 Å². The molecule has 1 amide bonds. The maximum atomic E-state index is 13.5. The second-order valence-corrected chi connectivity index (χ2v) is 7.03. The van der Waals surface area contributed by atoms with Crippen molar-refractivity contribution in [1.29, 1.82) is 0 Å². The van der Waals surface area contributed by atoms with E-state index in [1.807, 2.05) is 19.9 Å². The summed E-state index contributed by atoms with van der Waals surface area (Å²) < 4.78 is 46.0. The van der Waals surface area contributed by atoms with Crippen LogP contribution in [0, 0.1) is 13.8 Å². The van der Waals surface area contributed by atoms with Crippen molar-refractivity contribution in [2.24, 2.45) is 0 Å². The molecule has 3 aromatic carbocycles. The van der Waals surface area contributed by atoms with Crippen LogP contribution in [0.1, 0.15) is 27.0 Å². The molecule has 0 aliphatic heterocycles. The van der Waals surface area contributed by atoms with Crippen LogP contribution in [0.5, 0.6) is 11.5 Å². The largest absolute Gasteiger partial charge is 0.457 e. The second kappa shape index (κ2) is 8.17. The van der Waals surface area contributed by atoms with E-state index in [4.69, 9.17) is 16.3 Å². The number of amides is 1. The SMILES string of the molecule is Cc1cc(C)cc(C(=O)Nc2ccc(Oc3ccc(Cl)cc3)c(C(F)(F)F)c2)c1. The number of benzene rings is 3. The molecule has 7 heteroatoms. The summed E-state index contributed by atoms with van der Waals surface area (Å²) in [5.41, 5.74) is 1.17. The Morgan fingerprint density at radius 2 is 1.55 bits per heavy atom. The predicted molar refractivity (Wildman–Crippen MR) is 107 cm³/mol. The minimum Gasteiger partial charge on any atom is -0.457 e. The van der Waals surface area contributed by atoms with E-state index in [9.17, 15) is 18.0 Å². The first-order valence-electron chi connectivity index (χ1n) is 8.66. The van der Waals surface area contributed by atoms with Crippen LogP contribution in [0.25, 0.3) is 0 Å². The van der Waals surface area contributed by atoms with Gasteiger partial charge >= 0.3 is 6.18 Å². The molecule has 0 unspecified atom stereocenters. The molecule has 0 saturated carbocycles. The number of carbonyl (C=O) groups is 1. The normalized spacial score (nSPS) is 11.2. The van der Waals surface area contributed by atoms with Crippen molar-refractivity contribution in [3.05, 3.63) is 87.9 Å². The number of aryl methyl sites for hydroxylation is 2. The van der Waals surface area contributed by atoms with Crippen molar-refractivity contribution >= 4 is 23.2 Å². The quantitative estimate of drug-likeness (QED) is 0.493. The third kappa shape index (κ3) is 5.29.